The number of aromatic amines is 1. The van der Waals surface area contributed by atoms with Crippen LogP contribution < -0.4 is 5.32 Å². The molecule has 2 aromatic heterocycles. The minimum atomic E-state index is -0.581. The second kappa shape index (κ2) is 9.24. The molecule has 190 valence electrons. The maximum atomic E-state index is 13.5. The number of carbonyl (C=O) groups is 2. The van der Waals surface area contributed by atoms with Gasteiger partial charge in [0.25, 0.3) is 5.91 Å². The van der Waals surface area contributed by atoms with E-state index in [0.717, 1.165) is 18.5 Å². The van der Waals surface area contributed by atoms with Crippen molar-refractivity contribution in [2.75, 3.05) is 25.0 Å². The molecule has 0 radical (unpaired) electrons. The smallest absolute Gasteiger partial charge is 0.410 e. The summed E-state index contributed by atoms with van der Waals surface area (Å²) in [5.74, 6) is 1.38. The Balaban J connectivity index is 1.38. The number of rotatable bonds is 4. The van der Waals surface area contributed by atoms with Crippen molar-refractivity contribution in [1.82, 2.24) is 30.0 Å². The summed E-state index contributed by atoms with van der Waals surface area (Å²) in [6.07, 6.45) is 1.94. The lowest BCUT2D eigenvalue weighted by Crippen LogP contribution is -2.56. The van der Waals surface area contributed by atoms with E-state index in [0.29, 0.717) is 53.1 Å². The van der Waals surface area contributed by atoms with Crippen LogP contribution in [-0.4, -0.2) is 73.2 Å². The number of hydrogen-bond acceptors (Lipinski definition) is 7. The van der Waals surface area contributed by atoms with Gasteiger partial charge in [0.05, 0.1) is 5.52 Å². The summed E-state index contributed by atoms with van der Waals surface area (Å²) in [6, 6.07) is 7.03. The van der Waals surface area contributed by atoms with Crippen LogP contribution >= 0.6 is 11.6 Å². The number of amides is 2. The number of nitrogens with zero attached hydrogens (tertiary/aromatic N) is 5. The number of benzene rings is 1. The molecule has 2 aliphatic rings. The lowest BCUT2D eigenvalue weighted by Gasteiger charge is -2.39. The molecular weight excluding hydrogens is 482 g/mol. The summed E-state index contributed by atoms with van der Waals surface area (Å²) in [6.45, 7) is 8.48. The number of aromatic nitrogens is 4. The van der Waals surface area contributed by atoms with Crippen LogP contribution in [0.2, 0.25) is 5.02 Å². The second-order valence-electron chi connectivity index (χ2n) is 10.4. The standard InChI is InChI=1S/C25H30ClN7O3/c1-14-13-32(9-10-33(14)24(35)36-25(2,3)4)23(34)22-27-18-8-7-16(26)11-17(18)21(29-22)28-20-12-19(30-31-20)15-5-6-15/h7-8,11-12,14-15H,5-6,9-10,13H2,1-4H3,(H2,27,28,29,30,31)/t14-/m1/s1. The molecule has 5 rings (SSSR count). The van der Waals surface area contributed by atoms with E-state index in [2.05, 4.69) is 25.5 Å². The largest absolute Gasteiger partial charge is 0.444 e. The van der Waals surface area contributed by atoms with E-state index in [-0.39, 0.29) is 23.9 Å². The summed E-state index contributed by atoms with van der Waals surface area (Å²) in [7, 11) is 0. The lowest BCUT2D eigenvalue weighted by molar-refractivity contribution is 0.00182. The summed E-state index contributed by atoms with van der Waals surface area (Å²) >= 11 is 6.24. The molecule has 36 heavy (non-hydrogen) atoms. The Labute approximate surface area is 214 Å². The fourth-order valence-electron chi connectivity index (χ4n) is 4.29. The quantitative estimate of drug-likeness (QED) is 0.521. The van der Waals surface area contributed by atoms with Gasteiger partial charge in [0.2, 0.25) is 5.82 Å². The normalized spacial score (nSPS) is 18.4. The van der Waals surface area contributed by atoms with Gasteiger partial charge >= 0.3 is 6.09 Å². The van der Waals surface area contributed by atoms with E-state index in [1.165, 1.54) is 0 Å². The van der Waals surface area contributed by atoms with E-state index < -0.39 is 5.60 Å². The predicted octanol–water partition coefficient (Wildman–Crippen LogP) is 4.71. The molecule has 1 atom stereocenters. The molecule has 1 aromatic carbocycles. The first-order valence-electron chi connectivity index (χ1n) is 12.2. The first-order chi connectivity index (χ1) is 17.1. The first kappa shape index (κ1) is 24.3. The number of H-pyrrole nitrogens is 1. The molecule has 1 aliphatic carbocycles. The van der Waals surface area contributed by atoms with Crippen LogP contribution in [0.3, 0.4) is 0 Å². The highest BCUT2D eigenvalue weighted by Gasteiger charge is 2.34. The van der Waals surface area contributed by atoms with Gasteiger partial charge in [-0.3, -0.25) is 9.89 Å². The summed E-state index contributed by atoms with van der Waals surface area (Å²) in [5.41, 5.74) is 1.10. The Morgan fingerprint density at radius 1 is 1.17 bits per heavy atom. The molecule has 1 saturated heterocycles. The van der Waals surface area contributed by atoms with Gasteiger partial charge in [0.15, 0.2) is 5.82 Å². The van der Waals surface area contributed by atoms with Crippen LogP contribution in [0.1, 0.15) is 62.8 Å². The molecule has 1 aliphatic heterocycles. The summed E-state index contributed by atoms with van der Waals surface area (Å²) < 4.78 is 5.51. The Morgan fingerprint density at radius 2 is 1.94 bits per heavy atom. The third-order valence-corrected chi connectivity index (χ3v) is 6.49. The van der Waals surface area contributed by atoms with E-state index in [4.69, 9.17) is 16.3 Å². The van der Waals surface area contributed by atoms with Crippen LogP contribution in [0.25, 0.3) is 10.9 Å². The molecule has 3 aromatic rings. The first-order valence-corrected chi connectivity index (χ1v) is 12.5. The predicted molar refractivity (Wildman–Crippen MR) is 137 cm³/mol. The topological polar surface area (TPSA) is 116 Å². The number of carbonyl (C=O) groups excluding carboxylic acids is 2. The van der Waals surface area contributed by atoms with E-state index in [1.807, 2.05) is 33.8 Å². The minimum absolute atomic E-state index is 0.0724. The number of fused-ring (bicyclic) bond motifs is 1. The zero-order valence-electron chi connectivity index (χ0n) is 20.8. The van der Waals surface area contributed by atoms with Crippen LogP contribution in [-0.2, 0) is 4.74 Å². The summed E-state index contributed by atoms with van der Waals surface area (Å²) in [5, 5.41) is 11.9. The van der Waals surface area contributed by atoms with Crippen molar-refractivity contribution in [3.05, 3.63) is 40.8 Å². The van der Waals surface area contributed by atoms with Crippen molar-refractivity contribution in [2.24, 2.45) is 0 Å². The molecule has 2 fully saturated rings. The molecule has 0 spiro atoms. The van der Waals surface area contributed by atoms with Gasteiger partial charge in [-0.15, -0.1) is 0 Å². The molecule has 0 unspecified atom stereocenters. The van der Waals surface area contributed by atoms with Crippen LogP contribution in [0.4, 0.5) is 16.4 Å². The molecule has 2 amide bonds. The van der Waals surface area contributed by atoms with E-state index in [9.17, 15) is 9.59 Å². The SMILES string of the molecule is C[C@@H]1CN(C(=O)c2nc(Nc3cc(C4CC4)[nH]n3)c3cc(Cl)ccc3n2)CCN1C(=O)OC(C)(C)C. The monoisotopic (exact) mass is 511 g/mol. The van der Waals surface area contributed by atoms with Gasteiger partial charge in [0, 0.05) is 53.8 Å². The zero-order chi connectivity index (χ0) is 25.6. The van der Waals surface area contributed by atoms with Crippen molar-refractivity contribution in [2.45, 2.75) is 58.1 Å². The second-order valence-corrected chi connectivity index (χ2v) is 10.9. The Kier molecular flexibility index (Phi) is 6.23. The van der Waals surface area contributed by atoms with Crippen molar-refractivity contribution >= 4 is 46.1 Å². The van der Waals surface area contributed by atoms with Gasteiger partial charge in [-0.05, 0) is 58.7 Å². The number of piperazine rings is 1. The minimum Gasteiger partial charge on any atom is -0.444 e. The average molecular weight is 512 g/mol. The van der Waals surface area contributed by atoms with Crippen molar-refractivity contribution < 1.29 is 14.3 Å². The highest BCUT2D eigenvalue weighted by Crippen LogP contribution is 2.40. The molecule has 1 saturated carbocycles. The molecule has 10 nitrogen and oxygen atoms in total. The van der Waals surface area contributed by atoms with E-state index >= 15 is 0 Å². The summed E-state index contributed by atoms with van der Waals surface area (Å²) in [4.78, 5) is 38.5. The maximum absolute atomic E-state index is 13.5. The van der Waals surface area contributed by atoms with Gasteiger partial charge in [-0.25, -0.2) is 14.8 Å². The van der Waals surface area contributed by atoms with Crippen LogP contribution in [0.15, 0.2) is 24.3 Å². The third-order valence-electron chi connectivity index (χ3n) is 6.25. The van der Waals surface area contributed by atoms with Gasteiger partial charge in [-0.1, -0.05) is 11.6 Å². The molecular formula is C25H30ClN7O3. The Bertz CT molecular complexity index is 1310. The fraction of sp³-hybridized carbons (Fsp3) is 0.480. The lowest BCUT2D eigenvalue weighted by atomic mass is 10.2. The van der Waals surface area contributed by atoms with Gasteiger partial charge < -0.3 is 19.9 Å². The molecule has 3 heterocycles. The average Bonchev–Trinajstić information content (AvgIpc) is 3.56. The van der Waals surface area contributed by atoms with Crippen molar-refractivity contribution in [3.63, 3.8) is 0 Å². The van der Waals surface area contributed by atoms with Crippen LogP contribution in [0.5, 0.6) is 0 Å². The molecule has 11 heteroatoms. The molecule has 0 bridgehead atoms. The maximum Gasteiger partial charge on any atom is 0.410 e. The fourth-order valence-corrected chi connectivity index (χ4v) is 4.46. The van der Waals surface area contributed by atoms with Gasteiger partial charge in [0.1, 0.15) is 11.4 Å². The zero-order valence-corrected chi connectivity index (χ0v) is 21.6. The number of hydrogen-bond donors (Lipinski definition) is 2. The third kappa shape index (κ3) is 5.23. The van der Waals surface area contributed by atoms with Gasteiger partial charge in [-0.2, -0.15) is 5.10 Å². The Morgan fingerprint density at radius 3 is 2.64 bits per heavy atom. The van der Waals surface area contributed by atoms with E-state index in [1.54, 1.807) is 28.0 Å². The number of anilines is 2. The van der Waals surface area contributed by atoms with Crippen molar-refractivity contribution in [3.8, 4) is 0 Å². The number of nitrogens with one attached hydrogen (secondary N) is 2. The molecule has 2 N–H and O–H groups in total. The number of halogens is 1. The Hall–Kier alpha value is -3.40. The van der Waals surface area contributed by atoms with Crippen LogP contribution in [0, 0.1) is 0 Å². The highest BCUT2D eigenvalue weighted by atomic mass is 35.5. The van der Waals surface area contributed by atoms with Crippen molar-refractivity contribution in [1.29, 1.82) is 0 Å². The highest BCUT2D eigenvalue weighted by molar-refractivity contribution is 6.31. The number of ether oxygens (including phenoxy) is 1.